The van der Waals surface area contributed by atoms with Crippen LogP contribution in [0.25, 0.3) is 16.9 Å². The van der Waals surface area contributed by atoms with Gasteiger partial charge in [0.05, 0.1) is 23.6 Å². The van der Waals surface area contributed by atoms with E-state index in [0.29, 0.717) is 30.3 Å². The summed E-state index contributed by atoms with van der Waals surface area (Å²) in [5.74, 6) is 0.553. The Hall–Kier alpha value is -3.77. The highest BCUT2D eigenvalue weighted by atomic mass is 35.5. The van der Waals surface area contributed by atoms with Crippen LogP contribution in [0.4, 0.5) is 10.1 Å². The van der Waals surface area contributed by atoms with E-state index in [1.165, 1.54) is 12.1 Å². The molecule has 1 aliphatic heterocycles. The fraction of sp³-hybridized carbons (Fsp3) is 0.233. The molecule has 0 bridgehead atoms. The van der Waals surface area contributed by atoms with Crippen molar-refractivity contribution in [3.8, 4) is 22.7 Å². The standard InChI is InChI=1S/C30H29ClFN3O2/c1-3-37-29-7-5-4-6-27(29)33-16-18-34(19-17-33)30(36)26-20-28(22-8-10-23(31)11-9-22)35(21(26)2)25-14-12-24(32)13-15-25/h4-15,20H,3,16-19H2,1-2H3. The smallest absolute Gasteiger partial charge is 0.255 e. The molecule has 1 aliphatic rings. The van der Waals surface area contributed by atoms with Crippen LogP contribution in [0.3, 0.4) is 0 Å². The molecule has 3 aromatic carbocycles. The third-order valence-electron chi connectivity index (χ3n) is 6.78. The van der Waals surface area contributed by atoms with Crippen LogP contribution < -0.4 is 9.64 Å². The van der Waals surface area contributed by atoms with Crippen LogP contribution in [0, 0.1) is 12.7 Å². The molecule has 0 spiro atoms. The molecule has 5 nitrogen and oxygen atoms in total. The minimum atomic E-state index is -0.304. The van der Waals surface area contributed by atoms with Gasteiger partial charge in [-0.2, -0.15) is 0 Å². The third-order valence-corrected chi connectivity index (χ3v) is 7.03. The molecule has 0 unspecified atom stereocenters. The average Bonchev–Trinajstić information content (AvgIpc) is 3.26. The maximum absolute atomic E-state index is 13.8. The summed E-state index contributed by atoms with van der Waals surface area (Å²) in [7, 11) is 0. The summed E-state index contributed by atoms with van der Waals surface area (Å²) in [6.45, 7) is 7.18. The first-order valence-corrected chi connectivity index (χ1v) is 12.8. The van der Waals surface area contributed by atoms with Crippen molar-refractivity contribution >= 4 is 23.2 Å². The van der Waals surface area contributed by atoms with Gasteiger partial charge in [0, 0.05) is 42.6 Å². The molecule has 1 saturated heterocycles. The summed E-state index contributed by atoms with van der Waals surface area (Å²) >= 11 is 6.12. The molecule has 4 aromatic rings. The molecule has 1 aromatic heterocycles. The number of ether oxygens (including phenoxy) is 1. The maximum Gasteiger partial charge on any atom is 0.255 e. The van der Waals surface area contributed by atoms with Crippen molar-refractivity contribution in [1.82, 2.24) is 9.47 Å². The van der Waals surface area contributed by atoms with Crippen LogP contribution in [-0.4, -0.2) is 48.2 Å². The van der Waals surface area contributed by atoms with E-state index in [1.54, 1.807) is 12.1 Å². The van der Waals surface area contributed by atoms with E-state index in [-0.39, 0.29) is 11.7 Å². The predicted octanol–water partition coefficient (Wildman–Crippen LogP) is 6.61. The number of hydrogen-bond donors (Lipinski definition) is 0. The highest BCUT2D eigenvalue weighted by Crippen LogP contribution is 2.32. The van der Waals surface area contributed by atoms with Gasteiger partial charge in [-0.3, -0.25) is 4.79 Å². The molecule has 0 atom stereocenters. The molecule has 1 fully saturated rings. The van der Waals surface area contributed by atoms with Crippen molar-refractivity contribution in [3.05, 3.63) is 101 Å². The van der Waals surface area contributed by atoms with Crippen molar-refractivity contribution in [2.24, 2.45) is 0 Å². The van der Waals surface area contributed by atoms with Crippen LogP contribution in [0.1, 0.15) is 23.0 Å². The number of benzene rings is 3. The average molecular weight is 518 g/mol. The van der Waals surface area contributed by atoms with Gasteiger partial charge < -0.3 is 19.1 Å². The molecule has 0 N–H and O–H groups in total. The van der Waals surface area contributed by atoms with Crippen LogP contribution >= 0.6 is 11.6 Å². The first-order valence-electron chi connectivity index (χ1n) is 12.5. The lowest BCUT2D eigenvalue weighted by molar-refractivity contribution is 0.0746. The summed E-state index contributed by atoms with van der Waals surface area (Å²) in [4.78, 5) is 17.9. The zero-order valence-corrected chi connectivity index (χ0v) is 21.7. The lowest BCUT2D eigenvalue weighted by Crippen LogP contribution is -2.49. The Labute approximate surface area is 221 Å². The molecule has 1 amide bonds. The molecule has 7 heteroatoms. The number of aromatic nitrogens is 1. The Morgan fingerprint density at radius 3 is 2.30 bits per heavy atom. The summed E-state index contributed by atoms with van der Waals surface area (Å²) < 4.78 is 21.5. The number of carbonyl (C=O) groups excluding carboxylic acids is 1. The number of hydrogen-bond acceptors (Lipinski definition) is 3. The number of anilines is 1. The van der Waals surface area contributed by atoms with Gasteiger partial charge in [-0.1, -0.05) is 35.9 Å². The molecular weight excluding hydrogens is 489 g/mol. The second-order valence-electron chi connectivity index (χ2n) is 9.03. The lowest BCUT2D eigenvalue weighted by atomic mass is 10.1. The molecule has 37 heavy (non-hydrogen) atoms. The number of halogens is 2. The van der Waals surface area contributed by atoms with E-state index in [9.17, 15) is 9.18 Å². The van der Waals surface area contributed by atoms with E-state index in [4.69, 9.17) is 16.3 Å². The summed E-state index contributed by atoms with van der Waals surface area (Å²) in [6, 6.07) is 23.8. The van der Waals surface area contributed by atoms with Crippen molar-refractivity contribution in [2.75, 3.05) is 37.7 Å². The van der Waals surface area contributed by atoms with Crippen LogP contribution in [0.2, 0.25) is 5.02 Å². The molecule has 5 rings (SSSR count). The zero-order valence-electron chi connectivity index (χ0n) is 21.0. The van der Waals surface area contributed by atoms with Crippen LogP contribution in [0.5, 0.6) is 5.75 Å². The summed E-state index contributed by atoms with van der Waals surface area (Å²) in [6.07, 6.45) is 0. The molecule has 0 radical (unpaired) electrons. The van der Waals surface area contributed by atoms with Gasteiger partial charge in [-0.15, -0.1) is 0 Å². The van der Waals surface area contributed by atoms with Gasteiger partial charge in [-0.25, -0.2) is 4.39 Å². The third kappa shape index (κ3) is 5.07. The summed E-state index contributed by atoms with van der Waals surface area (Å²) in [5, 5.41) is 0.639. The Balaban J connectivity index is 1.43. The van der Waals surface area contributed by atoms with Crippen molar-refractivity contribution in [1.29, 1.82) is 0 Å². The van der Waals surface area contributed by atoms with Gasteiger partial charge in [0.1, 0.15) is 11.6 Å². The minimum Gasteiger partial charge on any atom is -0.492 e. The summed E-state index contributed by atoms with van der Waals surface area (Å²) in [5.41, 5.74) is 5.07. The van der Waals surface area contributed by atoms with Crippen molar-refractivity contribution in [2.45, 2.75) is 13.8 Å². The SMILES string of the molecule is CCOc1ccccc1N1CCN(C(=O)c2cc(-c3ccc(Cl)cc3)n(-c3ccc(F)cc3)c2C)CC1. The molecule has 0 aliphatic carbocycles. The Morgan fingerprint density at radius 1 is 0.946 bits per heavy atom. The van der Waals surface area contributed by atoms with Crippen molar-refractivity contribution < 1.29 is 13.9 Å². The Morgan fingerprint density at radius 2 is 1.62 bits per heavy atom. The number of rotatable bonds is 6. The first-order chi connectivity index (χ1) is 18.0. The van der Waals surface area contributed by atoms with Crippen LogP contribution in [-0.2, 0) is 0 Å². The number of amides is 1. The molecule has 0 saturated carbocycles. The maximum atomic E-state index is 13.8. The Bertz CT molecular complexity index is 1390. The van der Waals surface area contributed by atoms with Gasteiger partial charge >= 0.3 is 0 Å². The topological polar surface area (TPSA) is 37.7 Å². The molecule has 190 valence electrons. The Kier molecular flexibility index (Phi) is 7.19. The van der Waals surface area contributed by atoms with Gasteiger partial charge in [0.15, 0.2) is 0 Å². The monoisotopic (exact) mass is 517 g/mol. The normalized spacial score (nSPS) is 13.6. The van der Waals surface area contributed by atoms with Gasteiger partial charge in [0.25, 0.3) is 5.91 Å². The van der Waals surface area contributed by atoms with Crippen LogP contribution in [0.15, 0.2) is 78.9 Å². The second-order valence-corrected chi connectivity index (χ2v) is 9.46. The number of para-hydroxylation sites is 2. The minimum absolute atomic E-state index is 0.00804. The van der Waals surface area contributed by atoms with E-state index in [1.807, 2.05) is 71.8 Å². The fourth-order valence-electron chi connectivity index (χ4n) is 4.90. The zero-order chi connectivity index (χ0) is 25.9. The molecular formula is C30H29ClFN3O2. The van der Waals surface area contributed by atoms with E-state index >= 15 is 0 Å². The largest absolute Gasteiger partial charge is 0.492 e. The number of piperazine rings is 1. The quantitative estimate of drug-likeness (QED) is 0.289. The van der Waals surface area contributed by atoms with E-state index in [0.717, 1.165) is 47.2 Å². The highest BCUT2D eigenvalue weighted by Gasteiger charge is 2.27. The van der Waals surface area contributed by atoms with Crippen molar-refractivity contribution in [3.63, 3.8) is 0 Å². The number of carbonyl (C=O) groups is 1. The number of nitrogens with zero attached hydrogens (tertiary/aromatic N) is 3. The lowest BCUT2D eigenvalue weighted by Gasteiger charge is -2.36. The fourth-order valence-corrected chi connectivity index (χ4v) is 5.02. The first kappa shape index (κ1) is 24.9. The van der Waals surface area contributed by atoms with E-state index < -0.39 is 0 Å². The highest BCUT2D eigenvalue weighted by molar-refractivity contribution is 6.30. The van der Waals surface area contributed by atoms with Gasteiger partial charge in [-0.05, 0) is 74.0 Å². The van der Waals surface area contributed by atoms with Gasteiger partial charge in [0.2, 0.25) is 0 Å². The second kappa shape index (κ2) is 10.7. The molecule has 2 heterocycles. The van der Waals surface area contributed by atoms with E-state index in [2.05, 4.69) is 11.0 Å². The predicted molar refractivity (Wildman–Crippen MR) is 147 cm³/mol.